The highest BCUT2D eigenvalue weighted by Crippen LogP contribution is 2.11. The summed E-state index contributed by atoms with van der Waals surface area (Å²) in [4.78, 5) is 2.18. The van der Waals surface area contributed by atoms with E-state index in [9.17, 15) is 0 Å². The number of nitrogens with one attached hydrogen (secondary N) is 1. The van der Waals surface area contributed by atoms with E-state index < -0.39 is 0 Å². The van der Waals surface area contributed by atoms with E-state index in [1.54, 1.807) is 6.20 Å². The van der Waals surface area contributed by atoms with Crippen molar-refractivity contribution >= 4 is 5.88 Å². The first-order chi connectivity index (χ1) is 5.47. The molecule has 1 N–H and O–H groups in total. The van der Waals surface area contributed by atoms with Crippen LogP contribution in [0.25, 0.3) is 0 Å². The van der Waals surface area contributed by atoms with Crippen LogP contribution in [0, 0.1) is 0 Å². The Morgan fingerprint density at radius 1 is 1.45 bits per heavy atom. The first-order valence-electron chi connectivity index (χ1n) is 3.83. The van der Waals surface area contributed by atoms with Crippen LogP contribution < -0.4 is 10.2 Å². The number of piperazine rings is 1. The molecule has 0 radical (unpaired) electrons. The molecule has 0 amide bonds. The fraction of sp³-hybridized carbons (Fsp3) is 0.571. The molecule has 4 nitrogen and oxygen atoms in total. The summed E-state index contributed by atoms with van der Waals surface area (Å²) in [6.45, 7) is 4.08. The Kier molecular flexibility index (Phi) is 1.77. The van der Waals surface area contributed by atoms with Crippen LogP contribution in [-0.2, 0) is 0 Å². The minimum atomic E-state index is 0.881. The van der Waals surface area contributed by atoms with Gasteiger partial charge in [0.1, 0.15) is 0 Å². The number of aromatic nitrogens is 1. The molecule has 0 bridgehead atoms. The maximum absolute atomic E-state index is 5.02. The quantitative estimate of drug-likeness (QED) is 0.620. The highest BCUT2D eigenvalue weighted by atomic mass is 16.5. The Labute approximate surface area is 65.2 Å². The van der Waals surface area contributed by atoms with E-state index >= 15 is 0 Å². The predicted octanol–water partition coefficient (Wildman–Crippen LogP) is 0.0842. The Morgan fingerprint density at radius 3 is 2.91 bits per heavy atom. The third-order valence-corrected chi connectivity index (χ3v) is 1.85. The van der Waals surface area contributed by atoms with Crippen molar-refractivity contribution in [2.45, 2.75) is 0 Å². The zero-order valence-electron chi connectivity index (χ0n) is 6.29. The highest BCUT2D eigenvalue weighted by molar-refractivity contribution is 5.33. The summed E-state index contributed by atoms with van der Waals surface area (Å²) in [6.07, 6.45) is 1.68. The lowest BCUT2D eigenvalue weighted by molar-refractivity contribution is 0.407. The molecular weight excluding hydrogens is 142 g/mol. The largest absolute Gasteiger partial charge is 0.339 e. The molecule has 1 saturated heterocycles. The van der Waals surface area contributed by atoms with E-state index in [2.05, 4.69) is 15.4 Å². The highest BCUT2D eigenvalue weighted by Gasteiger charge is 2.12. The average molecular weight is 153 g/mol. The summed E-state index contributed by atoms with van der Waals surface area (Å²) in [6, 6.07) is 1.89. The van der Waals surface area contributed by atoms with Gasteiger partial charge in [0, 0.05) is 32.2 Å². The van der Waals surface area contributed by atoms with Crippen molar-refractivity contribution in [2.75, 3.05) is 31.1 Å². The van der Waals surface area contributed by atoms with Crippen molar-refractivity contribution in [1.82, 2.24) is 10.5 Å². The fourth-order valence-corrected chi connectivity index (χ4v) is 1.26. The van der Waals surface area contributed by atoms with Crippen molar-refractivity contribution in [2.24, 2.45) is 0 Å². The van der Waals surface area contributed by atoms with E-state index in [1.165, 1.54) is 0 Å². The fourth-order valence-electron chi connectivity index (χ4n) is 1.26. The van der Waals surface area contributed by atoms with Gasteiger partial charge in [-0.25, -0.2) is 0 Å². The minimum Gasteiger partial charge on any atom is -0.339 e. The number of rotatable bonds is 1. The zero-order valence-corrected chi connectivity index (χ0v) is 6.29. The Morgan fingerprint density at radius 2 is 2.27 bits per heavy atom. The van der Waals surface area contributed by atoms with Crippen LogP contribution in [-0.4, -0.2) is 31.3 Å². The van der Waals surface area contributed by atoms with Crippen LogP contribution in [0.4, 0.5) is 5.88 Å². The average Bonchev–Trinajstić information content (AvgIpc) is 2.58. The molecule has 1 fully saturated rings. The van der Waals surface area contributed by atoms with Crippen LogP contribution in [0.15, 0.2) is 16.8 Å². The summed E-state index contributed by atoms with van der Waals surface area (Å²) in [5, 5.41) is 6.93. The van der Waals surface area contributed by atoms with Crippen molar-refractivity contribution in [1.29, 1.82) is 0 Å². The van der Waals surface area contributed by atoms with E-state index in [0.717, 1.165) is 32.1 Å². The van der Waals surface area contributed by atoms with E-state index in [0.29, 0.717) is 0 Å². The SMILES string of the molecule is c1cc(N2CCNCC2)on1. The molecule has 2 rings (SSSR count). The lowest BCUT2D eigenvalue weighted by Crippen LogP contribution is -2.43. The maximum Gasteiger partial charge on any atom is 0.227 e. The molecule has 0 aliphatic carbocycles. The van der Waals surface area contributed by atoms with E-state index in [-0.39, 0.29) is 0 Å². The lowest BCUT2D eigenvalue weighted by Gasteiger charge is -2.25. The zero-order chi connectivity index (χ0) is 7.52. The van der Waals surface area contributed by atoms with Gasteiger partial charge >= 0.3 is 0 Å². The third kappa shape index (κ3) is 1.35. The third-order valence-electron chi connectivity index (χ3n) is 1.85. The molecule has 2 heterocycles. The summed E-state index contributed by atoms with van der Waals surface area (Å²) in [5.74, 6) is 0.881. The molecule has 60 valence electrons. The van der Waals surface area contributed by atoms with Gasteiger partial charge in [-0.15, -0.1) is 0 Å². The topological polar surface area (TPSA) is 41.3 Å². The van der Waals surface area contributed by atoms with Gasteiger partial charge in [-0.1, -0.05) is 5.16 Å². The monoisotopic (exact) mass is 153 g/mol. The van der Waals surface area contributed by atoms with Crippen molar-refractivity contribution in [3.05, 3.63) is 12.3 Å². The van der Waals surface area contributed by atoms with Crippen LogP contribution in [0.1, 0.15) is 0 Å². The molecule has 1 aromatic heterocycles. The Bertz CT molecular complexity index is 203. The van der Waals surface area contributed by atoms with Crippen molar-refractivity contribution in [3.8, 4) is 0 Å². The molecular formula is C7H11N3O. The van der Waals surface area contributed by atoms with Gasteiger partial charge in [-0.05, 0) is 0 Å². The second-order valence-corrected chi connectivity index (χ2v) is 2.59. The number of anilines is 1. The summed E-state index contributed by atoms with van der Waals surface area (Å²) >= 11 is 0. The van der Waals surface area contributed by atoms with Gasteiger partial charge in [0.15, 0.2) is 0 Å². The molecule has 0 unspecified atom stereocenters. The molecule has 0 spiro atoms. The van der Waals surface area contributed by atoms with Gasteiger partial charge in [-0.2, -0.15) is 0 Å². The molecule has 1 aliphatic heterocycles. The maximum atomic E-state index is 5.02. The molecule has 0 atom stereocenters. The molecule has 1 aromatic rings. The molecule has 0 saturated carbocycles. The normalized spacial score (nSPS) is 18.7. The van der Waals surface area contributed by atoms with Crippen molar-refractivity contribution < 1.29 is 4.52 Å². The smallest absolute Gasteiger partial charge is 0.227 e. The molecule has 1 aliphatic rings. The second-order valence-electron chi connectivity index (χ2n) is 2.59. The predicted molar refractivity (Wildman–Crippen MR) is 41.6 cm³/mol. The van der Waals surface area contributed by atoms with Crippen molar-refractivity contribution in [3.63, 3.8) is 0 Å². The van der Waals surface area contributed by atoms with Gasteiger partial charge in [0.2, 0.25) is 5.88 Å². The number of nitrogens with zero attached hydrogens (tertiary/aromatic N) is 2. The summed E-state index contributed by atoms with van der Waals surface area (Å²) < 4.78 is 5.02. The standard InChI is InChI=1S/C7H11N3O/c1-2-9-11-7(1)10-5-3-8-4-6-10/h1-2,8H,3-6H2. The molecule has 4 heteroatoms. The molecule has 11 heavy (non-hydrogen) atoms. The van der Waals surface area contributed by atoms with Gasteiger partial charge in [0.05, 0.1) is 6.20 Å². The summed E-state index contributed by atoms with van der Waals surface area (Å²) in [7, 11) is 0. The van der Waals surface area contributed by atoms with Gasteiger partial charge in [0.25, 0.3) is 0 Å². The Hall–Kier alpha value is -1.03. The minimum absolute atomic E-state index is 0.881. The van der Waals surface area contributed by atoms with Crippen LogP contribution in [0.5, 0.6) is 0 Å². The second kappa shape index (κ2) is 2.92. The van der Waals surface area contributed by atoms with Crippen LogP contribution in [0.2, 0.25) is 0 Å². The first-order valence-corrected chi connectivity index (χ1v) is 3.83. The van der Waals surface area contributed by atoms with E-state index in [4.69, 9.17) is 4.52 Å². The summed E-state index contributed by atoms with van der Waals surface area (Å²) in [5.41, 5.74) is 0. The van der Waals surface area contributed by atoms with Crippen LogP contribution in [0.3, 0.4) is 0 Å². The van der Waals surface area contributed by atoms with E-state index in [1.807, 2.05) is 6.07 Å². The van der Waals surface area contributed by atoms with Gasteiger partial charge < -0.3 is 14.7 Å². The number of hydrogen-bond donors (Lipinski definition) is 1. The van der Waals surface area contributed by atoms with Gasteiger partial charge in [-0.3, -0.25) is 0 Å². The first kappa shape index (κ1) is 6.67. The Balaban J connectivity index is 2.04. The van der Waals surface area contributed by atoms with Crippen LogP contribution >= 0.6 is 0 Å². The lowest BCUT2D eigenvalue weighted by atomic mass is 10.4. The number of hydrogen-bond acceptors (Lipinski definition) is 4. The molecule has 0 aromatic carbocycles.